The minimum Gasteiger partial charge on any atom is -0.310 e. The highest BCUT2D eigenvalue weighted by atomic mass is 35.6. The molecule has 0 aliphatic carbocycles. The zero-order valence-corrected chi connectivity index (χ0v) is 11.6. The molecular weight excluding hydrogens is 256 g/mol. The van der Waals surface area contributed by atoms with Crippen molar-refractivity contribution in [3.63, 3.8) is 0 Å². The summed E-state index contributed by atoms with van der Waals surface area (Å²) in [5.41, 5.74) is 0. The third kappa shape index (κ3) is 7.40. The van der Waals surface area contributed by atoms with E-state index in [1.165, 1.54) is 0 Å². The molecular formula is C10H18Cl3NO. The first-order valence-corrected chi connectivity index (χ1v) is 6.19. The third-order valence-corrected chi connectivity index (χ3v) is 3.43. The van der Waals surface area contributed by atoms with E-state index in [-0.39, 0.29) is 17.7 Å². The first kappa shape index (κ1) is 15.5. The van der Waals surface area contributed by atoms with Crippen LogP contribution in [-0.2, 0) is 4.79 Å². The van der Waals surface area contributed by atoms with Crippen molar-refractivity contribution in [1.29, 1.82) is 0 Å². The minimum absolute atomic E-state index is 0.120. The molecule has 0 aromatic rings. The van der Waals surface area contributed by atoms with Crippen LogP contribution >= 0.6 is 34.8 Å². The van der Waals surface area contributed by atoms with Crippen LogP contribution in [0.5, 0.6) is 0 Å². The number of rotatable bonds is 6. The van der Waals surface area contributed by atoms with Gasteiger partial charge in [0.15, 0.2) is 0 Å². The molecule has 0 aliphatic heterocycles. The molecule has 2 atom stereocenters. The third-order valence-electron chi connectivity index (χ3n) is 2.45. The molecule has 90 valence electrons. The second-order valence-corrected chi connectivity index (χ2v) is 6.24. The number of ketones is 1. The Hall–Kier alpha value is 0.500. The lowest BCUT2D eigenvalue weighted by Crippen LogP contribution is -2.38. The fraction of sp³-hybridized carbons (Fsp3) is 0.900. The van der Waals surface area contributed by atoms with Crippen molar-refractivity contribution < 1.29 is 4.79 Å². The Morgan fingerprint density at radius 1 is 1.33 bits per heavy atom. The summed E-state index contributed by atoms with van der Waals surface area (Å²) in [6.45, 7) is 6.12. The Balaban J connectivity index is 3.59. The Labute approximate surface area is 107 Å². The molecule has 0 heterocycles. The number of halogens is 3. The van der Waals surface area contributed by atoms with Crippen LogP contribution < -0.4 is 5.32 Å². The maximum absolute atomic E-state index is 10.9. The molecule has 2 nitrogen and oxygen atoms in total. The predicted molar refractivity (Wildman–Crippen MR) is 66.8 cm³/mol. The van der Waals surface area contributed by atoms with Gasteiger partial charge in [-0.2, -0.15) is 0 Å². The zero-order valence-electron chi connectivity index (χ0n) is 9.32. The second kappa shape index (κ2) is 6.95. The highest BCUT2D eigenvalue weighted by molar-refractivity contribution is 6.68. The summed E-state index contributed by atoms with van der Waals surface area (Å²) >= 11 is 17.1. The van der Waals surface area contributed by atoms with E-state index in [0.29, 0.717) is 0 Å². The summed E-state index contributed by atoms with van der Waals surface area (Å²) in [6, 6.07) is -0.185. The molecule has 0 aliphatic rings. The van der Waals surface area contributed by atoms with E-state index in [0.717, 1.165) is 19.4 Å². The fourth-order valence-electron chi connectivity index (χ4n) is 1.05. The molecule has 0 radical (unpaired) electrons. The molecule has 5 heteroatoms. The normalized spacial score (nSPS) is 16.1. The van der Waals surface area contributed by atoms with E-state index in [9.17, 15) is 4.79 Å². The number of alkyl halides is 3. The van der Waals surface area contributed by atoms with E-state index in [4.69, 9.17) is 34.8 Å². The van der Waals surface area contributed by atoms with Gasteiger partial charge in [0.1, 0.15) is 5.78 Å². The Morgan fingerprint density at radius 2 is 1.87 bits per heavy atom. The number of Topliss-reactive ketones (excluding diaryl/α,β-unsaturated/α-hetero) is 1. The van der Waals surface area contributed by atoms with Gasteiger partial charge in [0.05, 0.1) is 6.04 Å². The highest BCUT2D eigenvalue weighted by Crippen LogP contribution is 2.29. The fourth-order valence-corrected chi connectivity index (χ4v) is 1.28. The van der Waals surface area contributed by atoms with E-state index in [2.05, 4.69) is 5.32 Å². The zero-order chi connectivity index (χ0) is 12.1. The number of carbonyl (C=O) groups is 1. The molecule has 0 aromatic carbocycles. The van der Waals surface area contributed by atoms with Crippen molar-refractivity contribution in [1.82, 2.24) is 5.32 Å². The van der Waals surface area contributed by atoms with Crippen molar-refractivity contribution in [2.75, 3.05) is 6.54 Å². The molecule has 0 amide bonds. The summed E-state index contributed by atoms with van der Waals surface area (Å²) in [7, 11) is 0. The number of hydrogen-bond donors (Lipinski definition) is 1. The molecule has 0 aromatic heterocycles. The summed E-state index contributed by atoms with van der Waals surface area (Å²) < 4.78 is -1.27. The van der Waals surface area contributed by atoms with Crippen LogP contribution in [0.4, 0.5) is 0 Å². The lowest BCUT2D eigenvalue weighted by atomic mass is 10.0. The smallest absolute Gasteiger partial charge is 0.205 e. The van der Waals surface area contributed by atoms with E-state index in [1.54, 1.807) is 6.92 Å². The summed E-state index contributed by atoms with van der Waals surface area (Å²) in [4.78, 5) is 10.9. The average molecular weight is 275 g/mol. The van der Waals surface area contributed by atoms with Gasteiger partial charge in [0.2, 0.25) is 3.79 Å². The van der Waals surface area contributed by atoms with Crippen LogP contribution in [0.1, 0.15) is 33.6 Å². The van der Waals surface area contributed by atoms with Crippen molar-refractivity contribution >= 4 is 40.6 Å². The van der Waals surface area contributed by atoms with Gasteiger partial charge in [-0.3, -0.25) is 4.79 Å². The van der Waals surface area contributed by atoms with Gasteiger partial charge in [-0.15, -0.1) is 0 Å². The standard InChI is InChI=1S/C10H18Cl3NO/c1-7(8(2)15)5-4-6-14-9(3)10(11,12)13/h7,9,14H,4-6H2,1-3H3/t7-,9?/m0/s1. The molecule has 0 rings (SSSR count). The molecule has 1 N–H and O–H groups in total. The number of nitrogens with one attached hydrogen (secondary N) is 1. The SMILES string of the molecule is CC(=O)[C@@H](C)CCCNC(C)C(Cl)(Cl)Cl. The Kier molecular flexibility index (Phi) is 7.18. The molecule has 15 heavy (non-hydrogen) atoms. The topological polar surface area (TPSA) is 29.1 Å². The van der Waals surface area contributed by atoms with Crippen LogP contribution in [0, 0.1) is 5.92 Å². The minimum atomic E-state index is -1.27. The molecule has 0 saturated carbocycles. The second-order valence-electron chi connectivity index (χ2n) is 3.87. The molecule has 0 fully saturated rings. The van der Waals surface area contributed by atoms with Crippen LogP contribution in [0.2, 0.25) is 0 Å². The van der Waals surface area contributed by atoms with Gasteiger partial charge in [0.25, 0.3) is 0 Å². The van der Waals surface area contributed by atoms with Crippen molar-refractivity contribution in [3.05, 3.63) is 0 Å². The van der Waals surface area contributed by atoms with Crippen LogP contribution in [0.3, 0.4) is 0 Å². The van der Waals surface area contributed by atoms with E-state index < -0.39 is 3.79 Å². The largest absolute Gasteiger partial charge is 0.310 e. The predicted octanol–water partition coefficient (Wildman–Crippen LogP) is 3.34. The summed E-state index contributed by atoms with van der Waals surface area (Å²) in [5.74, 6) is 0.347. The van der Waals surface area contributed by atoms with Gasteiger partial charge in [-0.1, -0.05) is 41.7 Å². The van der Waals surface area contributed by atoms with Crippen LogP contribution in [0.15, 0.2) is 0 Å². The monoisotopic (exact) mass is 273 g/mol. The molecule has 0 saturated heterocycles. The van der Waals surface area contributed by atoms with E-state index >= 15 is 0 Å². The van der Waals surface area contributed by atoms with Crippen molar-refractivity contribution in [2.24, 2.45) is 5.92 Å². The lowest BCUT2D eigenvalue weighted by molar-refractivity contribution is -0.120. The first-order chi connectivity index (χ1) is 6.75. The number of hydrogen-bond acceptors (Lipinski definition) is 2. The molecule has 0 bridgehead atoms. The Bertz CT molecular complexity index is 203. The summed E-state index contributed by atoms with van der Waals surface area (Å²) in [5, 5.41) is 3.11. The van der Waals surface area contributed by atoms with Gasteiger partial charge in [-0.25, -0.2) is 0 Å². The summed E-state index contributed by atoms with van der Waals surface area (Å²) in [6.07, 6.45) is 1.78. The lowest BCUT2D eigenvalue weighted by Gasteiger charge is -2.21. The maximum Gasteiger partial charge on any atom is 0.205 e. The van der Waals surface area contributed by atoms with Gasteiger partial charge in [0, 0.05) is 5.92 Å². The van der Waals surface area contributed by atoms with Gasteiger partial charge in [-0.05, 0) is 33.2 Å². The number of carbonyl (C=O) groups excluding carboxylic acids is 1. The van der Waals surface area contributed by atoms with Gasteiger partial charge < -0.3 is 5.32 Å². The Morgan fingerprint density at radius 3 is 2.27 bits per heavy atom. The van der Waals surface area contributed by atoms with Crippen LogP contribution in [-0.4, -0.2) is 22.2 Å². The highest BCUT2D eigenvalue weighted by Gasteiger charge is 2.27. The van der Waals surface area contributed by atoms with Crippen molar-refractivity contribution in [2.45, 2.75) is 43.4 Å². The quantitative estimate of drug-likeness (QED) is 0.594. The van der Waals surface area contributed by atoms with Crippen molar-refractivity contribution in [3.8, 4) is 0 Å². The molecule has 0 spiro atoms. The average Bonchev–Trinajstić information content (AvgIpc) is 2.09. The maximum atomic E-state index is 10.9. The molecule has 1 unspecified atom stereocenters. The van der Waals surface area contributed by atoms with E-state index in [1.807, 2.05) is 13.8 Å². The van der Waals surface area contributed by atoms with Gasteiger partial charge >= 0.3 is 0 Å². The van der Waals surface area contributed by atoms with Crippen LogP contribution in [0.25, 0.3) is 0 Å². The first-order valence-electron chi connectivity index (χ1n) is 5.05.